The highest BCUT2D eigenvalue weighted by molar-refractivity contribution is 5.76. The van der Waals surface area contributed by atoms with E-state index in [9.17, 15) is 4.79 Å². The summed E-state index contributed by atoms with van der Waals surface area (Å²) in [4.78, 5) is 12.8. The van der Waals surface area contributed by atoms with Gasteiger partial charge in [-0.1, -0.05) is 0 Å². The van der Waals surface area contributed by atoms with Crippen LogP contribution in [0, 0.1) is 0 Å². The van der Waals surface area contributed by atoms with Gasteiger partial charge in [-0.3, -0.25) is 4.79 Å². The molecule has 0 heterocycles. The van der Waals surface area contributed by atoms with Gasteiger partial charge in [-0.25, -0.2) is 0 Å². The molecular weight excluding hydrogens is 126 g/mol. The van der Waals surface area contributed by atoms with Gasteiger partial charge in [0, 0.05) is 12.0 Å². The lowest BCUT2D eigenvalue weighted by molar-refractivity contribution is -0.119. The molecule has 10 heavy (non-hydrogen) atoms. The van der Waals surface area contributed by atoms with E-state index in [1.54, 1.807) is 6.92 Å². The highest BCUT2D eigenvalue weighted by atomic mass is 16.1. The molecule has 0 bridgehead atoms. The Hall–Kier alpha value is -0.370. The van der Waals surface area contributed by atoms with Crippen LogP contribution in [0.5, 0.6) is 0 Å². The standard InChI is InChI=1S/C8H17NO/c1-7(10)6-8(2,3)9(4)5/h6H2,1-5H3. The van der Waals surface area contributed by atoms with Gasteiger partial charge in [-0.15, -0.1) is 0 Å². The molecule has 0 aromatic rings. The van der Waals surface area contributed by atoms with Crippen molar-refractivity contribution >= 4 is 5.78 Å². The second kappa shape index (κ2) is 3.15. The van der Waals surface area contributed by atoms with Gasteiger partial charge >= 0.3 is 0 Å². The van der Waals surface area contributed by atoms with E-state index in [-0.39, 0.29) is 11.3 Å². The Kier molecular flexibility index (Phi) is 3.03. The van der Waals surface area contributed by atoms with Crippen LogP contribution >= 0.6 is 0 Å². The molecule has 0 amide bonds. The molecule has 0 saturated carbocycles. The van der Waals surface area contributed by atoms with Crippen molar-refractivity contribution in [2.24, 2.45) is 0 Å². The molecule has 0 unspecified atom stereocenters. The van der Waals surface area contributed by atoms with Gasteiger partial charge in [0.05, 0.1) is 0 Å². The SMILES string of the molecule is CC(=O)CC(C)(C)N(C)C. The van der Waals surface area contributed by atoms with Crippen molar-refractivity contribution in [2.45, 2.75) is 32.7 Å². The summed E-state index contributed by atoms with van der Waals surface area (Å²) in [5.41, 5.74) is 0.00579. The summed E-state index contributed by atoms with van der Waals surface area (Å²) >= 11 is 0. The fourth-order valence-corrected chi connectivity index (χ4v) is 0.767. The Balaban J connectivity index is 3.99. The topological polar surface area (TPSA) is 20.3 Å². The average molecular weight is 143 g/mol. The van der Waals surface area contributed by atoms with Crippen molar-refractivity contribution in [3.05, 3.63) is 0 Å². The minimum Gasteiger partial charge on any atom is -0.304 e. The van der Waals surface area contributed by atoms with Gasteiger partial charge in [-0.2, -0.15) is 0 Å². The third kappa shape index (κ3) is 2.97. The molecule has 0 rings (SSSR count). The first kappa shape index (κ1) is 9.63. The Morgan fingerprint density at radius 3 is 1.90 bits per heavy atom. The van der Waals surface area contributed by atoms with Crippen LogP contribution in [0.4, 0.5) is 0 Å². The van der Waals surface area contributed by atoms with E-state index in [0.29, 0.717) is 6.42 Å². The van der Waals surface area contributed by atoms with Crippen molar-refractivity contribution in [1.29, 1.82) is 0 Å². The molecule has 0 aliphatic carbocycles. The van der Waals surface area contributed by atoms with Crippen LogP contribution in [0.15, 0.2) is 0 Å². The molecule has 0 radical (unpaired) electrons. The molecular formula is C8H17NO. The summed E-state index contributed by atoms with van der Waals surface area (Å²) in [7, 11) is 3.98. The predicted octanol–water partition coefficient (Wildman–Crippen LogP) is 1.31. The summed E-state index contributed by atoms with van der Waals surface area (Å²) in [5.74, 6) is 0.249. The summed E-state index contributed by atoms with van der Waals surface area (Å²) in [6.45, 7) is 5.76. The molecule has 0 spiro atoms. The minimum absolute atomic E-state index is 0.00579. The van der Waals surface area contributed by atoms with Crippen LogP contribution in [0.3, 0.4) is 0 Å². The van der Waals surface area contributed by atoms with E-state index >= 15 is 0 Å². The third-order valence-corrected chi connectivity index (χ3v) is 1.89. The lowest BCUT2D eigenvalue weighted by Gasteiger charge is -2.31. The fraction of sp³-hybridized carbons (Fsp3) is 0.875. The zero-order valence-electron chi connectivity index (χ0n) is 7.56. The molecule has 0 aliphatic rings. The zero-order valence-corrected chi connectivity index (χ0v) is 7.56. The quantitative estimate of drug-likeness (QED) is 0.593. The van der Waals surface area contributed by atoms with Gasteiger partial charge in [-0.05, 0) is 34.9 Å². The molecule has 0 aromatic heterocycles. The number of hydrogen-bond donors (Lipinski definition) is 0. The molecule has 0 atom stereocenters. The van der Waals surface area contributed by atoms with Gasteiger partial charge in [0.15, 0.2) is 0 Å². The molecule has 60 valence electrons. The Morgan fingerprint density at radius 1 is 1.40 bits per heavy atom. The summed E-state index contributed by atoms with van der Waals surface area (Å²) in [6, 6.07) is 0. The van der Waals surface area contributed by atoms with E-state index in [1.807, 2.05) is 14.1 Å². The zero-order chi connectivity index (χ0) is 8.36. The van der Waals surface area contributed by atoms with E-state index in [0.717, 1.165) is 0 Å². The van der Waals surface area contributed by atoms with E-state index in [2.05, 4.69) is 18.7 Å². The van der Waals surface area contributed by atoms with Crippen LogP contribution in [0.25, 0.3) is 0 Å². The minimum atomic E-state index is 0.00579. The lowest BCUT2D eigenvalue weighted by atomic mass is 9.97. The summed E-state index contributed by atoms with van der Waals surface area (Å²) in [5, 5.41) is 0. The average Bonchev–Trinajstić information content (AvgIpc) is 1.60. The predicted molar refractivity (Wildman–Crippen MR) is 43.1 cm³/mol. The van der Waals surface area contributed by atoms with Crippen molar-refractivity contribution < 1.29 is 4.79 Å². The van der Waals surface area contributed by atoms with Crippen LogP contribution < -0.4 is 0 Å². The first-order valence-electron chi connectivity index (χ1n) is 3.53. The normalized spacial score (nSPS) is 12.2. The van der Waals surface area contributed by atoms with Crippen LogP contribution in [-0.4, -0.2) is 30.3 Å². The molecule has 0 fully saturated rings. The molecule has 0 saturated heterocycles. The third-order valence-electron chi connectivity index (χ3n) is 1.89. The van der Waals surface area contributed by atoms with Crippen LogP contribution in [0.1, 0.15) is 27.2 Å². The van der Waals surface area contributed by atoms with Crippen molar-refractivity contribution in [3.8, 4) is 0 Å². The Labute approximate surface area is 63.2 Å². The maximum atomic E-state index is 10.7. The summed E-state index contributed by atoms with van der Waals surface area (Å²) in [6.07, 6.45) is 0.625. The number of carbonyl (C=O) groups is 1. The molecule has 0 aromatic carbocycles. The first-order chi connectivity index (χ1) is 4.36. The number of nitrogens with zero attached hydrogens (tertiary/aromatic N) is 1. The number of carbonyl (C=O) groups excluding carboxylic acids is 1. The lowest BCUT2D eigenvalue weighted by Crippen LogP contribution is -2.39. The number of hydrogen-bond acceptors (Lipinski definition) is 2. The van der Waals surface area contributed by atoms with E-state index < -0.39 is 0 Å². The Morgan fingerprint density at radius 2 is 1.80 bits per heavy atom. The van der Waals surface area contributed by atoms with E-state index in [1.165, 1.54) is 0 Å². The van der Waals surface area contributed by atoms with Gasteiger partial charge in [0.2, 0.25) is 0 Å². The first-order valence-corrected chi connectivity index (χ1v) is 3.53. The molecule has 0 aliphatic heterocycles. The van der Waals surface area contributed by atoms with Gasteiger partial charge in [0.1, 0.15) is 5.78 Å². The largest absolute Gasteiger partial charge is 0.304 e. The fourth-order valence-electron chi connectivity index (χ4n) is 0.767. The Bertz CT molecular complexity index is 127. The smallest absolute Gasteiger partial charge is 0.131 e. The van der Waals surface area contributed by atoms with Crippen molar-refractivity contribution in [2.75, 3.05) is 14.1 Å². The molecule has 2 nitrogen and oxygen atoms in total. The second-order valence-electron chi connectivity index (χ2n) is 3.59. The number of Topliss-reactive ketones (excluding diaryl/α,β-unsaturated/α-hetero) is 1. The maximum Gasteiger partial charge on any atom is 0.131 e. The molecule has 0 N–H and O–H groups in total. The number of ketones is 1. The monoisotopic (exact) mass is 143 g/mol. The van der Waals surface area contributed by atoms with Crippen LogP contribution in [-0.2, 0) is 4.79 Å². The number of rotatable bonds is 3. The molecule has 2 heteroatoms. The van der Waals surface area contributed by atoms with E-state index in [4.69, 9.17) is 0 Å². The maximum absolute atomic E-state index is 10.7. The highest BCUT2D eigenvalue weighted by Crippen LogP contribution is 2.14. The van der Waals surface area contributed by atoms with Gasteiger partial charge < -0.3 is 4.90 Å². The van der Waals surface area contributed by atoms with Crippen molar-refractivity contribution in [3.63, 3.8) is 0 Å². The van der Waals surface area contributed by atoms with Crippen molar-refractivity contribution in [1.82, 2.24) is 4.90 Å². The van der Waals surface area contributed by atoms with Crippen LogP contribution in [0.2, 0.25) is 0 Å². The van der Waals surface area contributed by atoms with Gasteiger partial charge in [0.25, 0.3) is 0 Å². The summed E-state index contributed by atoms with van der Waals surface area (Å²) < 4.78 is 0. The highest BCUT2D eigenvalue weighted by Gasteiger charge is 2.21. The second-order valence-corrected chi connectivity index (χ2v) is 3.59.